The fourth-order valence-corrected chi connectivity index (χ4v) is 6.75. The highest BCUT2D eigenvalue weighted by Crippen LogP contribution is 2.37. The Kier molecular flexibility index (Phi) is 9.64. The summed E-state index contributed by atoms with van der Waals surface area (Å²) < 4.78 is 33.6. The summed E-state index contributed by atoms with van der Waals surface area (Å²) in [6.07, 6.45) is 8.72. The smallest absolute Gasteiger partial charge is 0.287 e. The lowest BCUT2D eigenvalue weighted by molar-refractivity contribution is -0.133. The third-order valence-corrected chi connectivity index (χ3v) is 9.25. The van der Waals surface area contributed by atoms with Gasteiger partial charge in [-0.1, -0.05) is 59.6 Å². The molecule has 2 heterocycles. The number of allylic oxidation sites excluding steroid dienone is 1. The number of nitrogens with one attached hydrogen (secondary N) is 1. The topological polar surface area (TPSA) is 79.6 Å². The minimum absolute atomic E-state index is 0.227. The molecule has 6 rings (SSSR count). The zero-order valence-corrected chi connectivity index (χ0v) is 26.1. The number of fused-ring (bicyclic) bond motifs is 1. The number of hydrogen-bond acceptors (Lipinski definition) is 4. The van der Waals surface area contributed by atoms with E-state index in [-0.39, 0.29) is 17.1 Å². The van der Waals surface area contributed by atoms with E-state index in [1.54, 1.807) is 12.1 Å². The largest absolute Gasteiger partial charge is 0.448 e. The van der Waals surface area contributed by atoms with E-state index in [1.165, 1.54) is 16.7 Å². The molecule has 6 nitrogen and oxygen atoms in total. The monoisotopic (exact) mass is 644 g/mol. The molecule has 2 fully saturated rings. The first-order chi connectivity index (χ1) is 22.2. The Balaban J connectivity index is 1.20. The summed E-state index contributed by atoms with van der Waals surface area (Å²) in [5.41, 5.74) is 3.49. The van der Waals surface area contributed by atoms with Gasteiger partial charge >= 0.3 is 0 Å². The maximum Gasteiger partial charge on any atom is 0.287 e. The Morgan fingerprint density at radius 1 is 1.00 bits per heavy atom. The quantitative estimate of drug-likeness (QED) is 0.198. The highest BCUT2D eigenvalue weighted by atomic mass is 35.5. The predicted octanol–water partition coefficient (Wildman–Crippen LogP) is 7.86. The summed E-state index contributed by atoms with van der Waals surface area (Å²) in [6, 6.07) is 17.8. The molecule has 2 amide bonds. The molecule has 0 unspecified atom stereocenters. The molecule has 1 aromatic heterocycles. The normalized spacial score (nSPS) is 17.6. The van der Waals surface area contributed by atoms with E-state index in [4.69, 9.17) is 16.0 Å². The van der Waals surface area contributed by atoms with E-state index in [2.05, 4.69) is 29.6 Å². The molecular weight excluding hydrogens is 610 g/mol. The van der Waals surface area contributed by atoms with Crippen LogP contribution in [0.1, 0.15) is 78.1 Å². The molecule has 238 valence electrons. The fraction of sp³-hybridized carbons (Fsp3) is 0.324. The second-order valence-corrected chi connectivity index (χ2v) is 12.7. The van der Waals surface area contributed by atoms with Crippen LogP contribution >= 0.6 is 11.6 Å². The van der Waals surface area contributed by atoms with Crippen LogP contribution in [0.3, 0.4) is 0 Å². The van der Waals surface area contributed by atoms with Crippen LogP contribution in [0.2, 0.25) is 5.02 Å². The molecule has 1 atom stereocenters. The van der Waals surface area contributed by atoms with Crippen molar-refractivity contribution in [2.24, 2.45) is 0 Å². The molecule has 1 N–H and O–H groups in total. The van der Waals surface area contributed by atoms with Gasteiger partial charge in [0.05, 0.1) is 11.4 Å². The van der Waals surface area contributed by atoms with Gasteiger partial charge in [0, 0.05) is 36.7 Å². The predicted molar refractivity (Wildman–Crippen MR) is 174 cm³/mol. The Morgan fingerprint density at radius 2 is 1.76 bits per heavy atom. The molecular formula is C37H35ClF2N2O4. The van der Waals surface area contributed by atoms with Gasteiger partial charge in [-0.15, -0.1) is 0 Å². The summed E-state index contributed by atoms with van der Waals surface area (Å²) in [7, 11) is 0. The van der Waals surface area contributed by atoms with E-state index in [9.17, 15) is 23.2 Å². The second-order valence-electron chi connectivity index (χ2n) is 12.2. The van der Waals surface area contributed by atoms with Crippen LogP contribution in [0.25, 0.3) is 11.0 Å². The average Bonchev–Trinajstić information content (AvgIpc) is 3.04. The highest BCUT2D eigenvalue weighted by molar-refractivity contribution is 6.30. The lowest BCUT2D eigenvalue weighted by Crippen LogP contribution is -2.36. The Bertz CT molecular complexity index is 1840. The van der Waals surface area contributed by atoms with Crippen molar-refractivity contribution < 1.29 is 22.8 Å². The van der Waals surface area contributed by atoms with Gasteiger partial charge in [-0.2, -0.15) is 0 Å². The van der Waals surface area contributed by atoms with E-state index in [0.717, 1.165) is 62.8 Å². The number of likely N-dealkylation sites (tertiary alicyclic amines) is 1. The van der Waals surface area contributed by atoms with Crippen LogP contribution < -0.4 is 10.7 Å². The number of rotatable bonds is 8. The number of benzene rings is 3. The van der Waals surface area contributed by atoms with Gasteiger partial charge in [-0.3, -0.25) is 14.4 Å². The first-order valence-electron chi connectivity index (χ1n) is 15.8. The van der Waals surface area contributed by atoms with E-state index >= 15 is 0 Å². The summed E-state index contributed by atoms with van der Waals surface area (Å²) >= 11 is 6.09. The zero-order valence-electron chi connectivity index (χ0n) is 25.4. The highest BCUT2D eigenvalue weighted by Gasteiger charge is 2.25. The SMILES string of the molecule is O=C(N[C@H](C=C1CCC(c2ccccc2CN2CCCCC2=O)CC1)Cc1ccc(Cl)cc1)c1cc(=O)c2cc(F)cc(F)c2o1. The van der Waals surface area contributed by atoms with Gasteiger partial charge in [0.15, 0.2) is 22.6 Å². The van der Waals surface area contributed by atoms with Crippen molar-refractivity contribution in [3.8, 4) is 0 Å². The first kappa shape index (κ1) is 31.7. The lowest BCUT2D eigenvalue weighted by Gasteiger charge is -2.31. The molecule has 0 spiro atoms. The third kappa shape index (κ3) is 7.39. The number of carbonyl (C=O) groups is 2. The van der Waals surface area contributed by atoms with Gasteiger partial charge in [-0.05, 0) is 85.8 Å². The van der Waals surface area contributed by atoms with Crippen LogP contribution in [0.15, 0.2) is 87.6 Å². The first-order valence-corrected chi connectivity index (χ1v) is 16.1. The molecule has 1 aliphatic heterocycles. The summed E-state index contributed by atoms with van der Waals surface area (Å²) in [5.74, 6) is -2.39. The Morgan fingerprint density at radius 3 is 2.52 bits per heavy atom. The van der Waals surface area contributed by atoms with E-state index in [0.29, 0.717) is 36.4 Å². The minimum atomic E-state index is -1.05. The molecule has 1 saturated heterocycles. The van der Waals surface area contributed by atoms with Crippen molar-refractivity contribution >= 4 is 34.4 Å². The number of hydrogen-bond donors (Lipinski definition) is 1. The molecule has 0 bridgehead atoms. The van der Waals surface area contributed by atoms with Crippen molar-refractivity contribution in [2.45, 2.75) is 69.9 Å². The van der Waals surface area contributed by atoms with Crippen molar-refractivity contribution in [1.82, 2.24) is 10.2 Å². The summed E-state index contributed by atoms with van der Waals surface area (Å²) in [5, 5.41) is 3.28. The number of halogens is 3. The second kappa shape index (κ2) is 14.0. The summed E-state index contributed by atoms with van der Waals surface area (Å²) in [6.45, 7) is 1.45. The molecule has 1 saturated carbocycles. The molecule has 1 aliphatic carbocycles. The summed E-state index contributed by atoms with van der Waals surface area (Å²) in [4.78, 5) is 40.4. The number of amides is 2. The maximum atomic E-state index is 14.4. The molecule has 9 heteroatoms. The van der Waals surface area contributed by atoms with Crippen LogP contribution in [-0.2, 0) is 17.8 Å². The van der Waals surface area contributed by atoms with E-state index < -0.39 is 34.6 Å². The van der Waals surface area contributed by atoms with Crippen molar-refractivity contribution in [2.75, 3.05) is 6.54 Å². The lowest BCUT2D eigenvalue weighted by atomic mass is 9.79. The van der Waals surface area contributed by atoms with Gasteiger partial charge < -0.3 is 14.6 Å². The molecule has 3 aromatic carbocycles. The molecule has 2 aliphatic rings. The van der Waals surface area contributed by atoms with Crippen LogP contribution in [0.4, 0.5) is 8.78 Å². The van der Waals surface area contributed by atoms with Gasteiger partial charge in [0.1, 0.15) is 5.82 Å². The number of nitrogens with zero attached hydrogens (tertiary/aromatic N) is 1. The minimum Gasteiger partial charge on any atom is -0.448 e. The van der Waals surface area contributed by atoms with Crippen molar-refractivity contribution in [1.29, 1.82) is 0 Å². The van der Waals surface area contributed by atoms with Gasteiger partial charge in [0.2, 0.25) is 5.91 Å². The van der Waals surface area contributed by atoms with Gasteiger partial charge in [-0.25, -0.2) is 8.78 Å². The average molecular weight is 645 g/mol. The Hall–Kier alpha value is -4.30. The molecule has 0 radical (unpaired) electrons. The molecule has 46 heavy (non-hydrogen) atoms. The van der Waals surface area contributed by atoms with Crippen molar-refractivity contribution in [3.63, 3.8) is 0 Å². The number of carbonyl (C=O) groups excluding carboxylic acids is 2. The number of piperidine rings is 1. The van der Waals surface area contributed by atoms with E-state index in [1.807, 2.05) is 23.1 Å². The standard InChI is InChI=1S/C37H35ClF2N2O4/c38-27-14-10-24(11-15-27)18-29(41-37(45)34-21-33(43)31-19-28(39)20-32(40)36(31)46-34)17-23-8-12-25(13-9-23)30-6-2-1-5-26(30)22-42-16-4-3-7-35(42)44/h1-2,5-6,10-11,14-15,17,19-21,25,29H,3-4,7-9,12-13,16,18,22H2,(H,41,45)/t25?,29-/m1/s1. The van der Waals surface area contributed by atoms with Crippen LogP contribution in [0.5, 0.6) is 0 Å². The van der Waals surface area contributed by atoms with Crippen LogP contribution in [0, 0.1) is 11.6 Å². The van der Waals surface area contributed by atoms with Crippen LogP contribution in [-0.4, -0.2) is 29.3 Å². The fourth-order valence-electron chi connectivity index (χ4n) is 6.62. The van der Waals surface area contributed by atoms with Crippen molar-refractivity contribution in [3.05, 3.63) is 128 Å². The van der Waals surface area contributed by atoms with Gasteiger partial charge in [0.25, 0.3) is 5.91 Å². The third-order valence-electron chi connectivity index (χ3n) is 9.00. The molecule has 4 aromatic rings. The zero-order chi connectivity index (χ0) is 32.2. The maximum absolute atomic E-state index is 14.4. The Labute approximate surface area is 271 Å².